The van der Waals surface area contributed by atoms with Gasteiger partial charge in [0.25, 0.3) is 0 Å². The summed E-state index contributed by atoms with van der Waals surface area (Å²) in [7, 11) is 0. The van der Waals surface area contributed by atoms with Crippen LogP contribution in [-0.2, 0) is 0 Å². The zero-order chi connectivity index (χ0) is 3.41. The van der Waals surface area contributed by atoms with Crippen LogP contribution in [0.25, 0.3) is 0 Å². The van der Waals surface area contributed by atoms with Gasteiger partial charge in [-0.2, -0.15) is 0 Å². The Kier molecular flexibility index (Phi) is 3.77. The molecule has 0 saturated carbocycles. The van der Waals surface area contributed by atoms with E-state index in [4.69, 9.17) is 0 Å². The molecule has 0 saturated heterocycles. The van der Waals surface area contributed by atoms with Gasteiger partial charge < -0.3 is 0 Å². The van der Waals surface area contributed by atoms with Gasteiger partial charge in [-0.15, -0.1) is 0 Å². The van der Waals surface area contributed by atoms with Crippen molar-refractivity contribution in [2.75, 3.05) is 0 Å². The topological polar surface area (TPSA) is 0 Å². The Balaban J connectivity index is 2.55. The molecule has 0 N–H and O–H groups in total. The van der Waals surface area contributed by atoms with Crippen LogP contribution in [0.4, 0.5) is 0 Å². The average molecular weight is 117 g/mol. The molecular weight excluding hydrogens is 109 g/mol. The van der Waals surface area contributed by atoms with Gasteiger partial charge in [0.2, 0.25) is 0 Å². The molecule has 4 heavy (non-hydrogen) atoms. The van der Waals surface area contributed by atoms with Crippen molar-refractivity contribution in [1.29, 1.82) is 0 Å². The first-order valence-corrected chi connectivity index (χ1v) is 5.31. The van der Waals surface area contributed by atoms with Gasteiger partial charge in [0, 0.05) is 0 Å². The molecule has 0 aromatic heterocycles. The summed E-state index contributed by atoms with van der Waals surface area (Å²) in [5, 5.41) is 0. The van der Waals surface area contributed by atoms with Crippen LogP contribution < -0.4 is 0 Å². The second kappa shape index (κ2) is 3.41. The van der Waals surface area contributed by atoms with Gasteiger partial charge in [-0.25, -0.2) is 0 Å². The van der Waals surface area contributed by atoms with Crippen LogP contribution in [0.15, 0.2) is 0 Å². The first-order chi connectivity index (χ1) is 1.91. The van der Waals surface area contributed by atoms with Gasteiger partial charge in [-0.05, 0) is 0 Å². The SMILES string of the molecule is C[CH]=[GeH][CH3]. The van der Waals surface area contributed by atoms with E-state index in [9.17, 15) is 0 Å². The molecule has 0 bridgehead atoms. The third-order valence-electron chi connectivity index (χ3n) is 0.333. The molecule has 0 heterocycles. The number of rotatable bonds is 0. The zero-order valence-electron chi connectivity index (χ0n) is 3.15. The molecule has 0 nitrogen and oxygen atoms in total. The van der Waals surface area contributed by atoms with Crippen molar-refractivity contribution in [3.63, 3.8) is 0 Å². The summed E-state index contributed by atoms with van der Waals surface area (Å²) in [6, 6.07) is 0. The fourth-order valence-electron chi connectivity index (χ4n) is 0. The van der Waals surface area contributed by atoms with Crippen molar-refractivity contribution >= 4 is 19.8 Å². The van der Waals surface area contributed by atoms with E-state index in [2.05, 4.69) is 17.5 Å². The van der Waals surface area contributed by atoms with Crippen LogP contribution in [0.2, 0.25) is 5.76 Å². The maximum absolute atomic E-state index is 2.28. The second-order valence-corrected chi connectivity index (χ2v) is 3.46. The van der Waals surface area contributed by atoms with Crippen LogP contribution in [0, 0.1) is 0 Å². The van der Waals surface area contributed by atoms with Gasteiger partial charge in [0.1, 0.15) is 0 Å². The molecular formula is C3H8Ge. The van der Waals surface area contributed by atoms with Crippen LogP contribution >= 0.6 is 0 Å². The minimum absolute atomic E-state index is 0.188. The summed E-state index contributed by atoms with van der Waals surface area (Å²) in [5.74, 6) is 2.28. The quantitative estimate of drug-likeness (QED) is 0.400. The fourth-order valence-corrected chi connectivity index (χ4v) is 0. The van der Waals surface area contributed by atoms with Gasteiger partial charge in [0.05, 0.1) is 0 Å². The molecule has 0 aliphatic carbocycles. The van der Waals surface area contributed by atoms with Crippen molar-refractivity contribution in [2.45, 2.75) is 12.7 Å². The van der Waals surface area contributed by atoms with E-state index in [0.29, 0.717) is 0 Å². The van der Waals surface area contributed by atoms with Gasteiger partial charge in [-0.1, -0.05) is 0 Å². The summed E-state index contributed by atoms with van der Waals surface area (Å²) in [5.41, 5.74) is 0. The Morgan fingerprint density at radius 2 is 2.00 bits per heavy atom. The average Bonchev–Trinajstić information content (AvgIpc) is 1.37. The van der Waals surface area contributed by atoms with Crippen LogP contribution in [0.1, 0.15) is 6.92 Å². The standard InChI is InChI=1S/C3H8Ge/c1-3-4-2/h3-4H,1-2H3. The Labute approximate surface area is 33.2 Å². The first kappa shape index (κ1) is 4.41. The Bertz CT molecular complexity index is 18.5. The van der Waals surface area contributed by atoms with Crippen LogP contribution in [-0.4, -0.2) is 19.8 Å². The monoisotopic (exact) mass is 118 g/mol. The summed E-state index contributed by atoms with van der Waals surface area (Å²) in [6.07, 6.45) is 0. The summed E-state index contributed by atoms with van der Waals surface area (Å²) in [6.45, 7) is 2.12. The Morgan fingerprint density at radius 3 is 2.00 bits per heavy atom. The molecule has 0 aromatic rings. The van der Waals surface area contributed by atoms with Crippen molar-refractivity contribution < 1.29 is 0 Å². The maximum atomic E-state index is 2.28. The number of hydrogen-bond acceptors (Lipinski definition) is 0. The molecule has 0 fully saturated rings. The van der Waals surface area contributed by atoms with Crippen molar-refractivity contribution in [3.05, 3.63) is 0 Å². The molecule has 24 valence electrons. The predicted molar refractivity (Wildman–Crippen MR) is 24.8 cm³/mol. The van der Waals surface area contributed by atoms with E-state index in [1.807, 2.05) is 0 Å². The molecule has 0 aliphatic rings. The molecule has 0 amide bonds. The van der Waals surface area contributed by atoms with Gasteiger partial charge >= 0.3 is 32.5 Å². The normalized spacial score (nSPS) is 9.50. The molecule has 0 atom stereocenters. The van der Waals surface area contributed by atoms with Crippen molar-refractivity contribution in [3.8, 4) is 0 Å². The van der Waals surface area contributed by atoms with E-state index in [-0.39, 0.29) is 15.0 Å². The third kappa shape index (κ3) is 2.41. The van der Waals surface area contributed by atoms with E-state index in [1.54, 1.807) is 0 Å². The third-order valence-corrected chi connectivity index (χ3v) is 1.73. The second-order valence-electron chi connectivity index (χ2n) is 0.667. The summed E-state index contributed by atoms with van der Waals surface area (Å²) >= 11 is 0.188. The van der Waals surface area contributed by atoms with Crippen LogP contribution in [0.3, 0.4) is 0 Å². The fraction of sp³-hybridized carbons (Fsp3) is 0.667. The Hall–Kier alpha value is 0.413. The molecule has 0 rings (SSSR count). The molecule has 1 heteroatoms. The molecule has 0 aromatic carbocycles. The van der Waals surface area contributed by atoms with Gasteiger partial charge in [0.15, 0.2) is 0 Å². The van der Waals surface area contributed by atoms with E-state index < -0.39 is 0 Å². The van der Waals surface area contributed by atoms with Crippen LogP contribution in [0.5, 0.6) is 0 Å². The predicted octanol–water partition coefficient (Wildman–Crippen LogP) is 0.293. The molecule has 0 unspecified atom stereocenters. The zero-order valence-corrected chi connectivity index (χ0v) is 5.58. The molecule has 0 aliphatic heterocycles. The molecule has 0 spiro atoms. The first-order valence-electron chi connectivity index (χ1n) is 1.49. The molecule has 0 radical (unpaired) electrons. The minimum atomic E-state index is 0.188. The van der Waals surface area contributed by atoms with E-state index >= 15 is 0 Å². The summed E-state index contributed by atoms with van der Waals surface area (Å²) < 4.78 is 0. The van der Waals surface area contributed by atoms with Crippen molar-refractivity contribution in [1.82, 2.24) is 0 Å². The number of hydrogen-bond donors (Lipinski definition) is 0. The van der Waals surface area contributed by atoms with E-state index in [1.165, 1.54) is 0 Å². The Morgan fingerprint density at radius 1 is 1.75 bits per heavy atom. The van der Waals surface area contributed by atoms with E-state index in [0.717, 1.165) is 0 Å². The van der Waals surface area contributed by atoms with Gasteiger partial charge in [-0.3, -0.25) is 0 Å². The summed E-state index contributed by atoms with van der Waals surface area (Å²) in [4.78, 5) is 2.28. The van der Waals surface area contributed by atoms with Crippen molar-refractivity contribution in [2.24, 2.45) is 0 Å².